The normalized spacial score (nSPS) is 13.1. The summed E-state index contributed by atoms with van der Waals surface area (Å²) < 4.78 is 16.5. The minimum Gasteiger partial charge on any atom is -0.483 e. The van der Waals surface area contributed by atoms with Crippen molar-refractivity contribution in [3.05, 3.63) is 65.7 Å². The summed E-state index contributed by atoms with van der Waals surface area (Å²) in [5.74, 6) is 0.784. The Balaban J connectivity index is 2.11. The zero-order chi connectivity index (χ0) is 22.9. The van der Waals surface area contributed by atoms with E-state index in [0.29, 0.717) is 5.94 Å². The number of carbonyl (C=O) groups excluding carboxylic acids is 2. The van der Waals surface area contributed by atoms with E-state index in [0.717, 1.165) is 16.9 Å². The predicted molar refractivity (Wildman–Crippen MR) is 123 cm³/mol. The lowest BCUT2D eigenvalue weighted by atomic mass is 10.1. The monoisotopic (exact) mass is 445 g/mol. The van der Waals surface area contributed by atoms with Gasteiger partial charge in [-0.05, 0) is 57.2 Å². The molecule has 0 aromatic heterocycles. The van der Waals surface area contributed by atoms with Crippen LogP contribution in [0, 0.1) is 0 Å². The summed E-state index contributed by atoms with van der Waals surface area (Å²) in [5, 5.41) is 2.66. The number of alkyl carbamates (subject to hydrolysis) is 1. The molecule has 7 heteroatoms. The Morgan fingerprint density at radius 1 is 1.03 bits per heavy atom. The van der Waals surface area contributed by atoms with Crippen LogP contribution in [0.5, 0.6) is 5.75 Å². The summed E-state index contributed by atoms with van der Waals surface area (Å²) in [4.78, 5) is 25.2. The first kappa shape index (κ1) is 24.6. The summed E-state index contributed by atoms with van der Waals surface area (Å²) >= 11 is 1.59. The maximum atomic E-state index is 12.9. The molecule has 0 saturated heterocycles. The van der Waals surface area contributed by atoms with Gasteiger partial charge in [-0.3, -0.25) is 0 Å². The van der Waals surface area contributed by atoms with E-state index in [1.807, 2.05) is 60.9 Å². The van der Waals surface area contributed by atoms with Gasteiger partial charge in [0, 0.05) is 6.42 Å². The van der Waals surface area contributed by atoms with Crippen LogP contribution in [0.15, 0.2) is 54.6 Å². The van der Waals surface area contributed by atoms with Crippen molar-refractivity contribution in [1.82, 2.24) is 5.32 Å². The average molecular weight is 446 g/mol. The first-order chi connectivity index (χ1) is 14.7. The van der Waals surface area contributed by atoms with E-state index >= 15 is 0 Å². The Morgan fingerprint density at radius 3 is 2.26 bits per heavy atom. The maximum Gasteiger partial charge on any atom is 0.408 e. The largest absolute Gasteiger partial charge is 0.483 e. The molecule has 168 valence electrons. The van der Waals surface area contributed by atoms with Crippen LogP contribution in [-0.4, -0.2) is 35.9 Å². The van der Waals surface area contributed by atoms with Crippen molar-refractivity contribution in [2.45, 2.75) is 51.9 Å². The van der Waals surface area contributed by atoms with Gasteiger partial charge in [0.05, 0.1) is 0 Å². The molecular formula is C24H31NO5S. The van der Waals surface area contributed by atoms with E-state index in [9.17, 15) is 9.59 Å². The fourth-order valence-corrected chi connectivity index (χ4v) is 3.03. The Kier molecular flexibility index (Phi) is 9.24. The van der Waals surface area contributed by atoms with Crippen molar-refractivity contribution in [3.8, 4) is 5.75 Å². The highest BCUT2D eigenvalue weighted by molar-refractivity contribution is 7.98. The topological polar surface area (TPSA) is 73.9 Å². The molecule has 0 aliphatic heterocycles. The van der Waals surface area contributed by atoms with Crippen molar-refractivity contribution in [2.24, 2.45) is 0 Å². The van der Waals surface area contributed by atoms with E-state index in [1.165, 1.54) is 0 Å². The fraction of sp³-hybridized carbons (Fsp3) is 0.417. The third kappa shape index (κ3) is 8.92. The molecule has 1 unspecified atom stereocenters. The zero-order valence-electron chi connectivity index (χ0n) is 18.7. The Hall–Kier alpha value is -2.67. The Labute approximate surface area is 188 Å². The summed E-state index contributed by atoms with van der Waals surface area (Å²) in [6.45, 7) is 7.11. The number of esters is 1. The van der Waals surface area contributed by atoms with Crippen LogP contribution in [0.3, 0.4) is 0 Å². The number of benzene rings is 2. The van der Waals surface area contributed by atoms with Crippen LogP contribution in [0.2, 0.25) is 0 Å². The number of nitrogens with one attached hydrogen (secondary N) is 1. The van der Waals surface area contributed by atoms with Crippen molar-refractivity contribution in [1.29, 1.82) is 0 Å². The van der Waals surface area contributed by atoms with Gasteiger partial charge < -0.3 is 19.5 Å². The van der Waals surface area contributed by atoms with Crippen LogP contribution < -0.4 is 10.1 Å². The number of hydrogen-bond acceptors (Lipinski definition) is 6. The lowest BCUT2D eigenvalue weighted by molar-refractivity contribution is -0.151. The molecule has 0 heterocycles. The molecular weight excluding hydrogens is 414 g/mol. The van der Waals surface area contributed by atoms with Gasteiger partial charge in [-0.2, -0.15) is 0 Å². The van der Waals surface area contributed by atoms with Crippen molar-refractivity contribution in [3.63, 3.8) is 0 Å². The third-order valence-electron chi connectivity index (χ3n) is 4.24. The second-order valence-electron chi connectivity index (χ2n) is 8.09. The number of hydrogen-bond donors (Lipinski definition) is 1. The van der Waals surface area contributed by atoms with Crippen LogP contribution in [0.1, 0.15) is 44.9 Å². The first-order valence-corrected chi connectivity index (χ1v) is 11.5. The van der Waals surface area contributed by atoms with E-state index < -0.39 is 29.8 Å². The minimum atomic E-state index is -0.890. The highest BCUT2D eigenvalue weighted by atomic mass is 32.2. The molecule has 6 nitrogen and oxygen atoms in total. The van der Waals surface area contributed by atoms with E-state index in [2.05, 4.69) is 5.32 Å². The molecule has 2 aromatic carbocycles. The van der Waals surface area contributed by atoms with Crippen LogP contribution >= 0.6 is 11.8 Å². The first-order valence-electron chi connectivity index (χ1n) is 10.1. The second-order valence-corrected chi connectivity index (χ2v) is 8.90. The van der Waals surface area contributed by atoms with Gasteiger partial charge in [0.15, 0.2) is 0 Å². The third-order valence-corrected chi connectivity index (χ3v) is 4.60. The minimum absolute atomic E-state index is 0.266. The van der Waals surface area contributed by atoms with Gasteiger partial charge >= 0.3 is 12.1 Å². The highest BCUT2D eigenvalue weighted by Crippen LogP contribution is 2.19. The lowest BCUT2D eigenvalue weighted by Crippen LogP contribution is -2.45. The molecule has 0 saturated carbocycles. The summed E-state index contributed by atoms with van der Waals surface area (Å²) in [6.07, 6.45) is 1.12. The van der Waals surface area contributed by atoms with Crippen molar-refractivity contribution >= 4 is 23.8 Å². The number of thioether (sulfide) groups is 1. The van der Waals surface area contributed by atoms with Gasteiger partial charge in [0.2, 0.25) is 0 Å². The molecule has 2 atom stereocenters. The van der Waals surface area contributed by atoms with E-state index in [-0.39, 0.29) is 6.42 Å². The fourth-order valence-electron chi connectivity index (χ4n) is 2.78. The Morgan fingerprint density at radius 2 is 1.68 bits per heavy atom. The molecule has 0 radical (unpaired) electrons. The smallest absolute Gasteiger partial charge is 0.408 e. The molecule has 0 aliphatic rings. The SMILES string of the molecule is CSCOc1ccc(C[C@@H](NC(=O)OC(C)(C)C)C(=O)OC(C)c2ccccc2)cc1. The number of carbonyl (C=O) groups is 2. The summed E-state index contributed by atoms with van der Waals surface area (Å²) in [5.41, 5.74) is 1.07. The molecule has 2 aromatic rings. The number of amides is 1. The van der Waals surface area contributed by atoms with Gasteiger partial charge in [-0.1, -0.05) is 42.5 Å². The zero-order valence-corrected chi connectivity index (χ0v) is 19.5. The van der Waals surface area contributed by atoms with E-state index in [4.69, 9.17) is 14.2 Å². The predicted octanol–water partition coefficient (Wildman–Crippen LogP) is 5.13. The molecule has 1 amide bonds. The average Bonchev–Trinajstić information content (AvgIpc) is 2.72. The summed E-state index contributed by atoms with van der Waals surface area (Å²) in [6, 6.07) is 16.0. The van der Waals surface area contributed by atoms with Gasteiger partial charge in [0.25, 0.3) is 0 Å². The van der Waals surface area contributed by atoms with E-state index in [1.54, 1.807) is 39.5 Å². The molecule has 1 N–H and O–H groups in total. The molecule has 2 rings (SSSR count). The van der Waals surface area contributed by atoms with Gasteiger partial charge in [-0.25, -0.2) is 9.59 Å². The molecule has 0 spiro atoms. The molecule has 0 aliphatic carbocycles. The van der Waals surface area contributed by atoms with Gasteiger partial charge in [0.1, 0.15) is 29.4 Å². The number of ether oxygens (including phenoxy) is 3. The van der Waals surface area contributed by atoms with Crippen LogP contribution in [-0.2, 0) is 20.7 Å². The highest BCUT2D eigenvalue weighted by Gasteiger charge is 2.27. The van der Waals surface area contributed by atoms with Crippen LogP contribution in [0.25, 0.3) is 0 Å². The van der Waals surface area contributed by atoms with Crippen LogP contribution in [0.4, 0.5) is 4.79 Å². The second kappa shape index (κ2) is 11.6. The molecule has 31 heavy (non-hydrogen) atoms. The summed E-state index contributed by atoms with van der Waals surface area (Å²) in [7, 11) is 0. The van der Waals surface area contributed by atoms with Crippen molar-refractivity contribution < 1.29 is 23.8 Å². The van der Waals surface area contributed by atoms with Crippen molar-refractivity contribution in [2.75, 3.05) is 12.2 Å². The quantitative estimate of drug-likeness (QED) is 0.426. The Bertz CT molecular complexity index is 833. The molecule has 0 fully saturated rings. The maximum absolute atomic E-state index is 12.9. The molecule has 0 bridgehead atoms. The van der Waals surface area contributed by atoms with Gasteiger partial charge in [-0.15, -0.1) is 11.8 Å². The lowest BCUT2D eigenvalue weighted by Gasteiger charge is -2.24. The standard InChI is InChI=1S/C24H31NO5S/c1-17(19-9-7-6-8-10-19)29-22(26)21(25-23(27)30-24(2,3)4)15-18-11-13-20(14-12-18)28-16-31-5/h6-14,17,21H,15-16H2,1-5H3,(H,25,27)/t17?,21-/m1/s1. The number of rotatable bonds is 9.